The Morgan fingerprint density at radius 2 is 2.05 bits per heavy atom. The molecular weight excluding hydrogens is 268 g/mol. The second kappa shape index (κ2) is 6.26. The van der Waals surface area contributed by atoms with Gasteiger partial charge < -0.3 is 13.9 Å². The average molecular weight is 290 g/mol. The Bertz CT molecular complexity index is 646. The molecule has 0 spiro atoms. The van der Waals surface area contributed by atoms with Crippen molar-refractivity contribution in [2.45, 2.75) is 39.7 Å². The van der Waals surface area contributed by atoms with Crippen LogP contribution >= 0.6 is 0 Å². The second-order valence-corrected chi connectivity index (χ2v) is 5.34. The number of fused-ring (bicyclic) bond motifs is 1. The summed E-state index contributed by atoms with van der Waals surface area (Å²) < 4.78 is 12.3. The SMILES string of the molecule is CCOC(=O)c1cn2cc(C(C)C)cc(C(C)OC)c2n1. The van der Waals surface area contributed by atoms with E-state index in [0.717, 1.165) is 11.2 Å². The van der Waals surface area contributed by atoms with Gasteiger partial charge in [0.05, 0.1) is 12.7 Å². The minimum absolute atomic E-state index is 0.0938. The van der Waals surface area contributed by atoms with Crippen molar-refractivity contribution in [2.75, 3.05) is 13.7 Å². The van der Waals surface area contributed by atoms with Gasteiger partial charge in [-0.2, -0.15) is 0 Å². The third-order valence-corrected chi connectivity index (χ3v) is 3.54. The predicted octanol–water partition coefficient (Wildman–Crippen LogP) is 3.34. The monoisotopic (exact) mass is 290 g/mol. The van der Waals surface area contributed by atoms with Gasteiger partial charge in [0.25, 0.3) is 0 Å². The number of methoxy groups -OCH3 is 1. The van der Waals surface area contributed by atoms with Gasteiger partial charge in [-0.05, 0) is 31.4 Å². The van der Waals surface area contributed by atoms with Gasteiger partial charge in [0, 0.05) is 25.1 Å². The summed E-state index contributed by atoms with van der Waals surface area (Å²) >= 11 is 0. The van der Waals surface area contributed by atoms with Crippen LogP contribution in [0, 0.1) is 0 Å². The van der Waals surface area contributed by atoms with E-state index in [1.54, 1.807) is 20.2 Å². The molecule has 5 heteroatoms. The molecule has 1 atom stereocenters. The fraction of sp³-hybridized carbons (Fsp3) is 0.500. The summed E-state index contributed by atoms with van der Waals surface area (Å²) in [6, 6.07) is 2.09. The summed E-state index contributed by atoms with van der Waals surface area (Å²) in [5, 5.41) is 0. The molecule has 0 bridgehead atoms. The molecule has 0 fully saturated rings. The quantitative estimate of drug-likeness (QED) is 0.792. The van der Waals surface area contributed by atoms with Crippen molar-refractivity contribution in [3.05, 3.63) is 35.3 Å². The molecule has 2 aromatic rings. The van der Waals surface area contributed by atoms with Gasteiger partial charge >= 0.3 is 5.97 Å². The number of hydrogen-bond acceptors (Lipinski definition) is 4. The van der Waals surface area contributed by atoms with Crippen molar-refractivity contribution in [1.82, 2.24) is 9.38 Å². The zero-order valence-corrected chi connectivity index (χ0v) is 13.2. The fourth-order valence-corrected chi connectivity index (χ4v) is 2.19. The molecule has 0 saturated heterocycles. The molecule has 0 amide bonds. The third-order valence-electron chi connectivity index (χ3n) is 3.54. The van der Waals surface area contributed by atoms with E-state index in [-0.39, 0.29) is 6.10 Å². The highest BCUT2D eigenvalue weighted by atomic mass is 16.5. The molecule has 0 saturated carbocycles. The van der Waals surface area contributed by atoms with E-state index in [9.17, 15) is 4.79 Å². The Hall–Kier alpha value is -1.88. The van der Waals surface area contributed by atoms with Crippen molar-refractivity contribution < 1.29 is 14.3 Å². The van der Waals surface area contributed by atoms with Crippen LogP contribution in [0.2, 0.25) is 0 Å². The van der Waals surface area contributed by atoms with Gasteiger partial charge in [-0.1, -0.05) is 13.8 Å². The van der Waals surface area contributed by atoms with E-state index in [4.69, 9.17) is 9.47 Å². The number of nitrogens with zero attached hydrogens (tertiary/aromatic N) is 2. The van der Waals surface area contributed by atoms with Crippen LogP contribution in [-0.2, 0) is 9.47 Å². The van der Waals surface area contributed by atoms with E-state index in [1.165, 1.54) is 5.56 Å². The highest BCUT2D eigenvalue weighted by Gasteiger charge is 2.18. The minimum atomic E-state index is -0.400. The van der Waals surface area contributed by atoms with Crippen LogP contribution in [-0.4, -0.2) is 29.1 Å². The topological polar surface area (TPSA) is 52.8 Å². The summed E-state index contributed by atoms with van der Waals surface area (Å²) in [6.45, 7) is 8.35. The maximum Gasteiger partial charge on any atom is 0.358 e. The first-order valence-electron chi connectivity index (χ1n) is 7.20. The number of rotatable bonds is 5. The summed E-state index contributed by atoms with van der Waals surface area (Å²) in [4.78, 5) is 16.3. The predicted molar refractivity (Wildman–Crippen MR) is 80.7 cm³/mol. The van der Waals surface area contributed by atoms with Crippen LogP contribution in [0.4, 0.5) is 0 Å². The maximum atomic E-state index is 11.9. The zero-order valence-electron chi connectivity index (χ0n) is 13.2. The van der Waals surface area contributed by atoms with Crippen LogP contribution in [0.3, 0.4) is 0 Å². The molecule has 0 aliphatic carbocycles. The lowest BCUT2D eigenvalue weighted by Crippen LogP contribution is -2.05. The van der Waals surface area contributed by atoms with Crippen LogP contribution in [0.1, 0.15) is 61.3 Å². The van der Waals surface area contributed by atoms with Gasteiger partial charge in [0.1, 0.15) is 5.65 Å². The molecule has 0 aromatic carbocycles. The number of ether oxygens (including phenoxy) is 2. The number of carbonyl (C=O) groups excluding carboxylic acids is 1. The minimum Gasteiger partial charge on any atom is -0.461 e. The molecule has 2 rings (SSSR count). The van der Waals surface area contributed by atoms with Gasteiger partial charge in [-0.25, -0.2) is 9.78 Å². The van der Waals surface area contributed by atoms with Crippen molar-refractivity contribution in [3.63, 3.8) is 0 Å². The van der Waals surface area contributed by atoms with Gasteiger partial charge in [-0.3, -0.25) is 0 Å². The molecule has 2 heterocycles. The van der Waals surface area contributed by atoms with Crippen molar-refractivity contribution in [1.29, 1.82) is 0 Å². The Morgan fingerprint density at radius 1 is 1.33 bits per heavy atom. The third kappa shape index (κ3) is 3.08. The van der Waals surface area contributed by atoms with E-state index >= 15 is 0 Å². The lowest BCUT2D eigenvalue weighted by molar-refractivity contribution is 0.0520. The molecule has 21 heavy (non-hydrogen) atoms. The largest absolute Gasteiger partial charge is 0.461 e. The zero-order chi connectivity index (χ0) is 15.6. The van der Waals surface area contributed by atoms with Crippen molar-refractivity contribution in [2.24, 2.45) is 0 Å². The summed E-state index contributed by atoms with van der Waals surface area (Å²) in [5.41, 5.74) is 3.20. The number of imidazole rings is 1. The molecule has 5 nitrogen and oxygen atoms in total. The molecular formula is C16H22N2O3. The number of esters is 1. The highest BCUT2D eigenvalue weighted by Crippen LogP contribution is 2.26. The first kappa shape index (κ1) is 15.5. The normalized spacial score (nSPS) is 12.9. The highest BCUT2D eigenvalue weighted by molar-refractivity contribution is 5.88. The number of hydrogen-bond donors (Lipinski definition) is 0. The van der Waals surface area contributed by atoms with Crippen LogP contribution in [0.15, 0.2) is 18.5 Å². The van der Waals surface area contributed by atoms with E-state index in [2.05, 4.69) is 24.9 Å². The summed E-state index contributed by atoms with van der Waals surface area (Å²) in [6.07, 6.45) is 3.62. The summed E-state index contributed by atoms with van der Waals surface area (Å²) in [7, 11) is 1.67. The van der Waals surface area contributed by atoms with E-state index < -0.39 is 5.97 Å². The Labute approximate surface area is 124 Å². The Balaban J connectivity index is 2.60. The second-order valence-electron chi connectivity index (χ2n) is 5.34. The summed E-state index contributed by atoms with van der Waals surface area (Å²) in [5.74, 6) is -0.0195. The molecule has 1 unspecified atom stereocenters. The lowest BCUT2D eigenvalue weighted by atomic mass is 10.0. The number of carbonyl (C=O) groups is 1. The molecule has 0 aliphatic rings. The van der Waals surface area contributed by atoms with E-state index in [1.807, 2.05) is 17.5 Å². The van der Waals surface area contributed by atoms with Crippen molar-refractivity contribution in [3.8, 4) is 0 Å². The molecule has 114 valence electrons. The Kier molecular flexibility index (Phi) is 4.63. The van der Waals surface area contributed by atoms with Gasteiger partial charge in [-0.15, -0.1) is 0 Å². The van der Waals surface area contributed by atoms with Gasteiger partial charge in [0.2, 0.25) is 0 Å². The molecule has 2 aromatic heterocycles. The lowest BCUT2D eigenvalue weighted by Gasteiger charge is -2.14. The maximum absolute atomic E-state index is 11.9. The average Bonchev–Trinajstić information content (AvgIpc) is 2.89. The van der Waals surface area contributed by atoms with Gasteiger partial charge in [0.15, 0.2) is 5.69 Å². The number of pyridine rings is 1. The Morgan fingerprint density at radius 3 is 2.62 bits per heavy atom. The van der Waals surface area contributed by atoms with Crippen LogP contribution in [0.5, 0.6) is 0 Å². The fourth-order valence-electron chi connectivity index (χ4n) is 2.19. The van der Waals surface area contributed by atoms with Crippen LogP contribution in [0.25, 0.3) is 5.65 Å². The smallest absolute Gasteiger partial charge is 0.358 e. The molecule has 0 radical (unpaired) electrons. The van der Waals surface area contributed by atoms with Crippen LogP contribution < -0.4 is 0 Å². The first-order valence-corrected chi connectivity index (χ1v) is 7.20. The van der Waals surface area contributed by atoms with E-state index in [0.29, 0.717) is 18.2 Å². The van der Waals surface area contributed by atoms with Crippen molar-refractivity contribution >= 4 is 11.6 Å². The first-order chi connectivity index (χ1) is 9.97. The molecule has 0 aliphatic heterocycles. The standard InChI is InChI=1S/C16H22N2O3/c1-6-21-16(19)14-9-18-8-12(10(2)3)7-13(11(4)20-5)15(18)17-14/h7-11H,6H2,1-5H3. The molecule has 0 N–H and O–H groups in total. The number of aromatic nitrogens is 2.